The number of halogens is 1. The first-order valence-electron chi connectivity index (χ1n) is 5.74. The molecule has 0 aromatic carbocycles. The first-order chi connectivity index (χ1) is 7.41. The van der Waals surface area contributed by atoms with Gasteiger partial charge in [-0.05, 0) is 19.3 Å². The van der Waals surface area contributed by atoms with Gasteiger partial charge in [-0.2, -0.15) is 0 Å². The number of hydrogen-bond donors (Lipinski definition) is 1. The molecule has 3 nitrogen and oxygen atoms in total. The summed E-state index contributed by atoms with van der Waals surface area (Å²) in [6.07, 6.45) is 5.30. The Balaban J connectivity index is 2.81. The molecule has 0 aromatic heterocycles. The lowest BCUT2D eigenvalue weighted by molar-refractivity contribution is 0.0413. The van der Waals surface area contributed by atoms with E-state index in [1.807, 2.05) is 0 Å². The fraction of sp³-hybridized carbons (Fsp3) is 1.00. The van der Waals surface area contributed by atoms with Gasteiger partial charge >= 0.3 is 0 Å². The van der Waals surface area contributed by atoms with Crippen molar-refractivity contribution in [1.82, 2.24) is 0 Å². The summed E-state index contributed by atoms with van der Waals surface area (Å²) in [5.74, 6) is 0.763. The standard InChI is InChI=1S/C11H23ClO3/c12-6-3-1-2-4-8-14-10-11-15-9-5-7-13/h13H,1-11H2. The van der Waals surface area contributed by atoms with E-state index < -0.39 is 0 Å². The highest BCUT2D eigenvalue weighted by Crippen LogP contribution is 2.00. The van der Waals surface area contributed by atoms with Gasteiger partial charge in [0, 0.05) is 25.7 Å². The number of rotatable bonds is 12. The van der Waals surface area contributed by atoms with Gasteiger partial charge in [-0.25, -0.2) is 0 Å². The molecule has 0 aliphatic heterocycles. The van der Waals surface area contributed by atoms with Gasteiger partial charge in [0.05, 0.1) is 13.2 Å². The molecule has 0 aliphatic rings. The Labute approximate surface area is 97.7 Å². The third kappa shape index (κ3) is 14.2. The third-order valence-corrected chi connectivity index (χ3v) is 2.26. The summed E-state index contributed by atoms with van der Waals surface area (Å²) in [6, 6.07) is 0. The highest BCUT2D eigenvalue weighted by molar-refractivity contribution is 6.17. The van der Waals surface area contributed by atoms with Gasteiger partial charge < -0.3 is 14.6 Å². The highest BCUT2D eigenvalue weighted by atomic mass is 35.5. The minimum atomic E-state index is 0.196. The molecule has 0 amide bonds. The van der Waals surface area contributed by atoms with Crippen molar-refractivity contribution in [3.63, 3.8) is 0 Å². The molecule has 0 rings (SSSR count). The third-order valence-electron chi connectivity index (χ3n) is 1.99. The smallest absolute Gasteiger partial charge is 0.0700 e. The van der Waals surface area contributed by atoms with E-state index in [4.69, 9.17) is 26.2 Å². The van der Waals surface area contributed by atoms with Gasteiger partial charge in [0.15, 0.2) is 0 Å². The van der Waals surface area contributed by atoms with Crippen molar-refractivity contribution < 1.29 is 14.6 Å². The van der Waals surface area contributed by atoms with Crippen LogP contribution in [0.3, 0.4) is 0 Å². The van der Waals surface area contributed by atoms with Crippen LogP contribution >= 0.6 is 11.6 Å². The van der Waals surface area contributed by atoms with Gasteiger partial charge in [0.25, 0.3) is 0 Å². The van der Waals surface area contributed by atoms with Crippen LogP contribution in [0.5, 0.6) is 0 Å². The van der Waals surface area contributed by atoms with Crippen molar-refractivity contribution in [3.8, 4) is 0 Å². The zero-order chi connectivity index (χ0) is 11.2. The highest BCUT2D eigenvalue weighted by Gasteiger charge is 1.91. The number of ether oxygens (including phenoxy) is 2. The zero-order valence-electron chi connectivity index (χ0n) is 9.42. The fourth-order valence-electron chi connectivity index (χ4n) is 1.14. The van der Waals surface area contributed by atoms with Crippen molar-refractivity contribution >= 4 is 11.6 Å². The summed E-state index contributed by atoms with van der Waals surface area (Å²) in [5.41, 5.74) is 0. The Kier molecular flexibility index (Phi) is 14.3. The van der Waals surface area contributed by atoms with Crippen LogP contribution in [0, 0.1) is 0 Å². The minimum absolute atomic E-state index is 0.196. The molecule has 15 heavy (non-hydrogen) atoms. The van der Waals surface area contributed by atoms with Crippen LogP contribution in [-0.2, 0) is 9.47 Å². The molecule has 0 bridgehead atoms. The first-order valence-corrected chi connectivity index (χ1v) is 6.27. The Morgan fingerprint density at radius 1 is 0.733 bits per heavy atom. The zero-order valence-corrected chi connectivity index (χ0v) is 10.2. The van der Waals surface area contributed by atoms with Crippen LogP contribution in [-0.4, -0.2) is 44.0 Å². The van der Waals surface area contributed by atoms with Gasteiger partial charge in [-0.15, -0.1) is 11.6 Å². The van der Waals surface area contributed by atoms with E-state index in [1.54, 1.807) is 0 Å². The van der Waals surface area contributed by atoms with Crippen LogP contribution in [0.15, 0.2) is 0 Å². The van der Waals surface area contributed by atoms with Crippen molar-refractivity contribution in [2.24, 2.45) is 0 Å². The second kappa shape index (κ2) is 14.2. The number of aliphatic hydroxyl groups excluding tert-OH is 1. The van der Waals surface area contributed by atoms with Crippen LogP contribution in [0.2, 0.25) is 0 Å². The van der Waals surface area contributed by atoms with E-state index in [0.717, 1.165) is 25.3 Å². The normalized spacial score (nSPS) is 10.8. The van der Waals surface area contributed by atoms with Gasteiger partial charge in [-0.3, -0.25) is 0 Å². The van der Waals surface area contributed by atoms with Gasteiger partial charge in [-0.1, -0.05) is 12.8 Å². The van der Waals surface area contributed by atoms with Crippen LogP contribution in [0.25, 0.3) is 0 Å². The Hall–Kier alpha value is 0.170. The Morgan fingerprint density at radius 2 is 1.33 bits per heavy atom. The van der Waals surface area contributed by atoms with Gasteiger partial charge in [0.2, 0.25) is 0 Å². The molecule has 0 unspecified atom stereocenters. The van der Waals surface area contributed by atoms with Crippen LogP contribution in [0.1, 0.15) is 32.1 Å². The molecule has 0 aliphatic carbocycles. The monoisotopic (exact) mass is 238 g/mol. The average molecular weight is 239 g/mol. The number of unbranched alkanes of at least 4 members (excludes halogenated alkanes) is 3. The largest absolute Gasteiger partial charge is 0.396 e. The molecule has 92 valence electrons. The van der Waals surface area contributed by atoms with E-state index in [9.17, 15) is 0 Å². The molecular formula is C11H23ClO3. The number of hydrogen-bond acceptors (Lipinski definition) is 3. The van der Waals surface area contributed by atoms with Crippen LogP contribution < -0.4 is 0 Å². The molecule has 0 fully saturated rings. The predicted octanol–water partition coefficient (Wildman–Crippen LogP) is 2.20. The SMILES string of the molecule is OCCCOCCOCCCCCCCl. The molecule has 0 saturated heterocycles. The summed E-state index contributed by atoms with van der Waals surface area (Å²) in [7, 11) is 0. The molecule has 0 heterocycles. The molecular weight excluding hydrogens is 216 g/mol. The molecule has 1 N–H and O–H groups in total. The molecule has 0 saturated carbocycles. The second-order valence-corrected chi connectivity index (χ2v) is 3.78. The quantitative estimate of drug-likeness (QED) is 0.419. The summed E-state index contributed by atoms with van der Waals surface area (Å²) in [6.45, 7) is 2.91. The minimum Gasteiger partial charge on any atom is -0.396 e. The molecule has 0 aromatic rings. The van der Waals surface area contributed by atoms with E-state index in [2.05, 4.69) is 0 Å². The Bertz CT molecular complexity index is 100. The maximum absolute atomic E-state index is 8.49. The van der Waals surface area contributed by atoms with Gasteiger partial charge in [0.1, 0.15) is 0 Å². The first kappa shape index (κ1) is 15.2. The topological polar surface area (TPSA) is 38.7 Å². The van der Waals surface area contributed by atoms with E-state index in [0.29, 0.717) is 26.2 Å². The van der Waals surface area contributed by atoms with Crippen molar-refractivity contribution in [1.29, 1.82) is 0 Å². The molecule has 0 radical (unpaired) electrons. The summed E-state index contributed by atoms with van der Waals surface area (Å²) >= 11 is 5.56. The molecule has 4 heteroatoms. The van der Waals surface area contributed by atoms with Crippen LogP contribution in [0.4, 0.5) is 0 Å². The van der Waals surface area contributed by atoms with Crippen molar-refractivity contribution in [2.45, 2.75) is 32.1 Å². The summed E-state index contributed by atoms with van der Waals surface area (Å²) < 4.78 is 10.6. The second-order valence-electron chi connectivity index (χ2n) is 3.41. The summed E-state index contributed by atoms with van der Waals surface area (Å²) in [5, 5.41) is 8.49. The lowest BCUT2D eigenvalue weighted by Crippen LogP contribution is -2.06. The molecule has 0 spiro atoms. The van der Waals surface area contributed by atoms with Crippen molar-refractivity contribution in [2.75, 3.05) is 38.9 Å². The summed E-state index contributed by atoms with van der Waals surface area (Å²) in [4.78, 5) is 0. The van der Waals surface area contributed by atoms with E-state index >= 15 is 0 Å². The van der Waals surface area contributed by atoms with Crippen molar-refractivity contribution in [3.05, 3.63) is 0 Å². The fourth-order valence-corrected chi connectivity index (χ4v) is 1.33. The Morgan fingerprint density at radius 3 is 1.93 bits per heavy atom. The van der Waals surface area contributed by atoms with E-state index in [1.165, 1.54) is 12.8 Å². The maximum atomic E-state index is 8.49. The predicted molar refractivity (Wildman–Crippen MR) is 62.5 cm³/mol. The number of alkyl halides is 1. The lowest BCUT2D eigenvalue weighted by atomic mass is 10.2. The lowest BCUT2D eigenvalue weighted by Gasteiger charge is -2.04. The van der Waals surface area contributed by atoms with E-state index in [-0.39, 0.29) is 6.61 Å². The number of aliphatic hydroxyl groups is 1. The molecule has 0 atom stereocenters. The maximum Gasteiger partial charge on any atom is 0.0700 e. The average Bonchev–Trinajstić information content (AvgIpc) is 2.26.